The van der Waals surface area contributed by atoms with Gasteiger partial charge in [0.2, 0.25) is 0 Å². The molecule has 1 N–H and O–H groups in total. The fraction of sp³-hybridized carbons (Fsp3) is 0.261. The van der Waals surface area contributed by atoms with Gasteiger partial charge in [-0.25, -0.2) is 4.79 Å². The molecule has 0 atom stereocenters. The maximum absolute atomic E-state index is 12.4. The number of hydrogen-bond acceptors (Lipinski definition) is 6. The first-order chi connectivity index (χ1) is 14.6. The molecule has 7 nitrogen and oxygen atoms in total. The van der Waals surface area contributed by atoms with Gasteiger partial charge in [-0.15, -0.1) is 0 Å². The van der Waals surface area contributed by atoms with Crippen LogP contribution in [0.25, 0.3) is 6.08 Å². The maximum Gasteiger partial charge on any atom is 0.344 e. The zero-order chi connectivity index (χ0) is 21.8. The Kier molecular flexibility index (Phi) is 8.94. The topological polar surface area (TPSA) is 97.7 Å². The molecule has 0 saturated heterocycles. The van der Waals surface area contributed by atoms with Gasteiger partial charge in [-0.3, -0.25) is 4.79 Å². The van der Waals surface area contributed by atoms with Gasteiger partial charge in [-0.2, -0.15) is 5.26 Å². The van der Waals surface area contributed by atoms with Gasteiger partial charge in [0.1, 0.15) is 11.6 Å². The quantitative estimate of drug-likeness (QED) is 0.368. The molecule has 156 valence electrons. The summed E-state index contributed by atoms with van der Waals surface area (Å²) in [5.74, 6) is -0.181. The summed E-state index contributed by atoms with van der Waals surface area (Å²) in [6, 6.07) is 16.3. The molecule has 1 amide bonds. The summed E-state index contributed by atoms with van der Waals surface area (Å²) in [4.78, 5) is 23.9. The van der Waals surface area contributed by atoms with Crippen molar-refractivity contribution in [3.8, 4) is 17.6 Å². The van der Waals surface area contributed by atoms with Crippen LogP contribution >= 0.6 is 0 Å². The molecule has 0 aliphatic carbocycles. The maximum atomic E-state index is 12.4. The number of hydrogen-bond donors (Lipinski definition) is 1. The van der Waals surface area contributed by atoms with Crippen LogP contribution < -0.4 is 14.8 Å². The van der Waals surface area contributed by atoms with E-state index >= 15 is 0 Å². The Morgan fingerprint density at radius 3 is 2.47 bits per heavy atom. The van der Waals surface area contributed by atoms with Crippen LogP contribution in [0.3, 0.4) is 0 Å². The van der Waals surface area contributed by atoms with E-state index in [0.717, 1.165) is 5.56 Å². The van der Waals surface area contributed by atoms with Crippen molar-refractivity contribution >= 4 is 18.0 Å². The number of nitrogens with one attached hydrogen (secondary N) is 1. The summed E-state index contributed by atoms with van der Waals surface area (Å²) in [7, 11) is 0. The molecule has 0 aliphatic heterocycles. The van der Waals surface area contributed by atoms with Gasteiger partial charge in [-0.05, 0) is 43.2 Å². The number of carbonyl (C=O) groups is 2. The zero-order valence-electron chi connectivity index (χ0n) is 17.0. The molecule has 0 saturated carbocycles. The van der Waals surface area contributed by atoms with Gasteiger partial charge in [0, 0.05) is 6.54 Å². The molecule has 0 bridgehead atoms. The van der Waals surface area contributed by atoms with Crippen molar-refractivity contribution in [2.24, 2.45) is 0 Å². The smallest absolute Gasteiger partial charge is 0.344 e. The van der Waals surface area contributed by atoms with E-state index in [9.17, 15) is 14.9 Å². The second-order valence-electron chi connectivity index (χ2n) is 6.07. The number of nitriles is 1. The Balaban J connectivity index is 2.12. The fourth-order valence-electron chi connectivity index (χ4n) is 2.53. The molecule has 0 aromatic heterocycles. The highest BCUT2D eigenvalue weighted by Gasteiger charge is 2.12. The predicted molar refractivity (Wildman–Crippen MR) is 112 cm³/mol. The Labute approximate surface area is 175 Å². The molecule has 2 rings (SSSR count). The highest BCUT2D eigenvalue weighted by atomic mass is 16.6. The molecule has 2 aromatic carbocycles. The van der Waals surface area contributed by atoms with E-state index in [4.69, 9.17) is 14.2 Å². The van der Waals surface area contributed by atoms with Crippen LogP contribution in [0, 0.1) is 11.3 Å². The van der Waals surface area contributed by atoms with Crippen molar-refractivity contribution in [3.05, 3.63) is 65.2 Å². The number of benzene rings is 2. The van der Waals surface area contributed by atoms with Gasteiger partial charge in [0.25, 0.3) is 5.91 Å². The minimum absolute atomic E-state index is 0.0337. The number of esters is 1. The predicted octanol–water partition coefficient (Wildman–Crippen LogP) is 3.25. The number of nitrogens with zero attached hydrogens (tertiary/aromatic N) is 1. The van der Waals surface area contributed by atoms with Crippen molar-refractivity contribution in [1.82, 2.24) is 5.32 Å². The van der Waals surface area contributed by atoms with E-state index in [-0.39, 0.29) is 18.8 Å². The summed E-state index contributed by atoms with van der Waals surface area (Å²) in [5.41, 5.74) is 1.49. The van der Waals surface area contributed by atoms with Gasteiger partial charge in [0.15, 0.2) is 18.1 Å². The van der Waals surface area contributed by atoms with Crippen LogP contribution in [0.5, 0.6) is 11.5 Å². The molecular weight excluding hydrogens is 384 g/mol. The molecule has 7 heteroatoms. The molecule has 0 radical (unpaired) electrons. The van der Waals surface area contributed by atoms with Crippen LogP contribution in [-0.2, 0) is 20.9 Å². The van der Waals surface area contributed by atoms with Crippen LogP contribution in [0.2, 0.25) is 0 Å². The Bertz CT molecular complexity index is 932. The number of rotatable bonds is 10. The Morgan fingerprint density at radius 2 is 1.80 bits per heavy atom. The first-order valence-corrected chi connectivity index (χ1v) is 9.56. The van der Waals surface area contributed by atoms with E-state index < -0.39 is 11.9 Å². The summed E-state index contributed by atoms with van der Waals surface area (Å²) in [6.45, 7) is 4.26. The minimum Gasteiger partial charge on any atom is -0.490 e. The lowest BCUT2D eigenvalue weighted by atomic mass is 10.1. The Morgan fingerprint density at radius 1 is 1.03 bits per heavy atom. The zero-order valence-corrected chi connectivity index (χ0v) is 17.0. The molecule has 0 spiro atoms. The van der Waals surface area contributed by atoms with E-state index in [0.29, 0.717) is 30.2 Å². The summed E-state index contributed by atoms with van der Waals surface area (Å²) < 4.78 is 15.9. The van der Waals surface area contributed by atoms with Crippen LogP contribution in [0.15, 0.2) is 54.1 Å². The van der Waals surface area contributed by atoms with Crippen LogP contribution in [0.1, 0.15) is 25.0 Å². The van der Waals surface area contributed by atoms with Gasteiger partial charge in [-0.1, -0.05) is 36.4 Å². The van der Waals surface area contributed by atoms with Crippen molar-refractivity contribution in [3.63, 3.8) is 0 Å². The average molecular weight is 408 g/mol. The average Bonchev–Trinajstić information content (AvgIpc) is 2.76. The number of ether oxygens (including phenoxy) is 3. The molecule has 30 heavy (non-hydrogen) atoms. The molecular formula is C23H24N2O5. The SMILES string of the molecule is CCOC(=O)COc1ccc(/C=C(/C#N)C(=O)NCc2ccccc2)cc1OCC. The molecule has 2 aromatic rings. The molecule has 0 heterocycles. The lowest BCUT2D eigenvalue weighted by Crippen LogP contribution is -2.23. The summed E-state index contributed by atoms with van der Waals surface area (Å²) in [6.07, 6.45) is 1.47. The van der Waals surface area contributed by atoms with Crippen molar-refractivity contribution in [1.29, 1.82) is 5.26 Å². The van der Waals surface area contributed by atoms with E-state index in [1.165, 1.54) is 6.08 Å². The highest BCUT2D eigenvalue weighted by Crippen LogP contribution is 2.29. The van der Waals surface area contributed by atoms with E-state index in [2.05, 4.69) is 5.32 Å². The highest BCUT2D eigenvalue weighted by molar-refractivity contribution is 6.01. The standard InChI is InChI=1S/C23H24N2O5/c1-3-28-21-13-18(10-11-20(21)30-16-22(26)29-4-2)12-19(14-24)23(27)25-15-17-8-6-5-7-9-17/h5-13H,3-4,15-16H2,1-2H3,(H,25,27)/b19-12-. The first-order valence-electron chi connectivity index (χ1n) is 9.56. The van der Waals surface area contributed by atoms with Gasteiger partial charge >= 0.3 is 5.97 Å². The van der Waals surface area contributed by atoms with Crippen molar-refractivity contribution in [2.75, 3.05) is 19.8 Å². The third-order valence-corrected chi connectivity index (χ3v) is 3.89. The van der Waals surface area contributed by atoms with Crippen LogP contribution in [-0.4, -0.2) is 31.7 Å². The molecule has 0 unspecified atom stereocenters. The second kappa shape index (κ2) is 11.9. The molecule has 0 aliphatic rings. The fourth-order valence-corrected chi connectivity index (χ4v) is 2.53. The van der Waals surface area contributed by atoms with E-state index in [1.807, 2.05) is 43.3 Å². The van der Waals surface area contributed by atoms with Crippen molar-refractivity contribution in [2.45, 2.75) is 20.4 Å². The third kappa shape index (κ3) is 6.99. The largest absolute Gasteiger partial charge is 0.490 e. The second-order valence-corrected chi connectivity index (χ2v) is 6.07. The van der Waals surface area contributed by atoms with Crippen molar-refractivity contribution < 1.29 is 23.8 Å². The van der Waals surface area contributed by atoms with Gasteiger partial charge in [0.05, 0.1) is 13.2 Å². The van der Waals surface area contributed by atoms with Gasteiger partial charge < -0.3 is 19.5 Å². The first kappa shape index (κ1) is 22.5. The third-order valence-electron chi connectivity index (χ3n) is 3.89. The lowest BCUT2D eigenvalue weighted by Gasteiger charge is -2.12. The Hall–Kier alpha value is -3.79. The number of amides is 1. The summed E-state index contributed by atoms with van der Waals surface area (Å²) >= 11 is 0. The normalized spacial score (nSPS) is 10.6. The minimum atomic E-state index is -0.481. The lowest BCUT2D eigenvalue weighted by molar-refractivity contribution is -0.145. The number of carbonyl (C=O) groups excluding carboxylic acids is 2. The van der Waals surface area contributed by atoms with E-state index in [1.54, 1.807) is 25.1 Å². The molecule has 0 fully saturated rings. The summed E-state index contributed by atoms with van der Waals surface area (Å²) in [5, 5.41) is 12.1. The van der Waals surface area contributed by atoms with Crippen LogP contribution in [0.4, 0.5) is 0 Å². The monoisotopic (exact) mass is 408 g/mol.